The highest BCUT2D eigenvalue weighted by Gasteiger charge is 2.05. The molecule has 0 fully saturated rings. The van der Waals surface area contributed by atoms with Crippen LogP contribution in [0.1, 0.15) is 11.6 Å². The maximum atomic E-state index is 12.0. The van der Waals surface area contributed by atoms with Crippen LogP contribution in [0.5, 0.6) is 0 Å². The van der Waals surface area contributed by atoms with Crippen LogP contribution in [-0.2, 0) is 11.3 Å². The Balaban J connectivity index is 1.40. The zero-order valence-electron chi connectivity index (χ0n) is 13.0. The average molecular weight is 397 g/mol. The molecule has 6 nitrogen and oxygen atoms in total. The Morgan fingerprint density at radius 3 is 2.96 bits per heavy atom. The standard InChI is InChI=1S/C18H13BrN4O2/c19-12-5-6-16-21-13(11-23(16)10-12)9-20-17(24)7-8-18-22-14-3-1-2-4-15(14)25-18/h1-8,10-11H,9H2,(H,20,24). The first-order valence-electron chi connectivity index (χ1n) is 7.62. The van der Waals surface area contributed by atoms with E-state index in [1.54, 1.807) is 6.08 Å². The third kappa shape index (κ3) is 3.46. The van der Waals surface area contributed by atoms with E-state index in [-0.39, 0.29) is 5.91 Å². The number of benzene rings is 1. The predicted molar refractivity (Wildman–Crippen MR) is 97.8 cm³/mol. The molecule has 0 saturated carbocycles. The highest BCUT2D eigenvalue weighted by atomic mass is 79.9. The van der Waals surface area contributed by atoms with Crippen LogP contribution in [0.15, 0.2) is 63.8 Å². The molecule has 1 N–H and O–H groups in total. The molecular weight excluding hydrogens is 384 g/mol. The molecule has 1 aromatic carbocycles. The molecule has 0 aliphatic carbocycles. The fourth-order valence-electron chi connectivity index (χ4n) is 2.45. The zero-order chi connectivity index (χ0) is 17.2. The minimum atomic E-state index is -0.236. The van der Waals surface area contributed by atoms with E-state index in [2.05, 4.69) is 31.2 Å². The van der Waals surface area contributed by atoms with Gasteiger partial charge in [0.2, 0.25) is 11.8 Å². The van der Waals surface area contributed by atoms with E-state index in [4.69, 9.17) is 4.42 Å². The first-order valence-corrected chi connectivity index (χ1v) is 8.41. The van der Waals surface area contributed by atoms with Crippen molar-refractivity contribution >= 4 is 44.7 Å². The summed E-state index contributed by atoms with van der Waals surface area (Å²) in [4.78, 5) is 20.7. The van der Waals surface area contributed by atoms with Crippen LogP contribution >= 0.6 is 15.9 Å². The van der Waals surface area contributed by atoms with Gasteiger partial charge in [-0.25, -0.2) is 9.97 Å². The third-order valence-corrected chi connectivity index (χ3v) is 4.07. The lowest BCUT2D eigenvalue weighted by Gasteiger charge is -1.97. The lowest BCUT2D eigenvalue weighted by molar-refractivity contribution is -0.116. The molecule has 0 radical (unpaired) electrons. The molecule has 1 amide bonds. The number of oxazole rings is 1. The van der Waals surface area contributed by atoms with Crippen molar-refractivity contribution in [3.05, 3.63) is 70.9 Å². The predicted octanol–water partition coefficient (Wildman–Crippen LogP) is 3.57. The summed E-state index contributed by atoms with van der Waals surface area (Å²) in [6, 6.07) is 11.3. The summed E-state index contributed by atoms with van der Waals surface area (Å²) in [5.41, 5.74) is 3.06. The number of imidazole rings is 1. The lowest BCUT2D eigenvalue weighted by Crippen LogP contribution is -2.20. The van der Waals surface area contributed by atoms with Gasteiger partial charge in [0, 0.05) is 29.0 Å². The fourth-order valence-corrected chi connectivity index (χ4v) is 2.80. The van der Waals surface area contributed by atoms with Crippen molar-refractivity contribution in [2.75, 3.05) is 0 Å². The second-order valence-corrected chi connectivity index (χ2v) is 6.33. The molecule has 0 aliphatic rings. The lowest BCUT2D eigenvalue weighted by atomic mass is 10.3. The molecule has 0 atom stereocenters. The summed E-state index contributed by atoms with van der Waals surface area (Å²) >= 11 is 3.42. The number of hydrogen-bond donors (Lipinski definition) is 1. The van der Waals surface area contributed by atoms with Gasteiger partial charge in [-0.15, -0.1) is 0 Å². The number of rotatable bonds is 4. The number of para-hydroxylation sites is 2. The number of aromatic nitrogens is 3. The summed E-state index contributed by atoms with van der Waals surface area (Å²) in [5.74, 6) is 0.162. The van der Waals surface area contributed by atoms with Crippen molar-refractivity contribution in [1.82, 2.24) is 19.7 Å². The number of nitrogens with zero attached hydrogens (tertiary/aromatic N) is 3. The Morgan fingerprint density at radius 1 is 1.20 bits per heavy atom. The Labute approximate surface area is 151 Å². The first kappa shape index (κ1) is 15.6. The van der Waals surface area contributed by atoms with E-state index in [0.29, 0.717) is 18.0 Å². The van der Waals surface area contributed by atoms with Crippen LogP contribution in [0.2, 0.25) is 0 Å². The highest BCUT2D eigenvalue weighted by Crippen LogP contribution is 2.15. The summed E-state index contributed by atoms with van der Waals surface area (Å²) in [6.45, 7) is 0.343. The summed E-state index contributed by atoms with van der Waals surface area (Å²) < 4.78 is 8.40. The third-order valence-electron chi connectivity index (χ3n) is 3.60. The van der Waals surface area contributed by atoms with Gasteiger partial charge < -0.3 is 14.1 Å². The van der Waals surface area contributed by atoms with Gasteiger partial charge in [-0.05, 0) is 40.2 Å². The maximum absolute atomic E-state index is 12.0. The maximum Gasteiger partial charge on any atom is 0.244 e. The minimum absolute atomic E-state index is 0.236. The number of carbonyl (C=O) groups excluding carboxylic acids is 1. The molecule has 0 unspecified atom stereocenters. The van der Waals surface area contributed by atoms with Gasteiger partial charge in [-0.1, -0.05) is 12.1 Å². The quantitative estimate of drug-likeness (QED) is 0.535. The van der Waals surface area contributed by atoms with Gasteiger partial charge in [-0.2, -0.15) is 0 Å². The molecule has 0 aliphatic heterocycles. The number of fused-ring (bicyclic) bond motifs is 2. The van der Waals surface area contributed by atoms with E-state index in [9.17, 15) is 4.79 Å². The summed E-state index contributed by atoms with van der Waals surface area (Å²) in [6.07, 6.45) is 6.75. The van der Waals surface area contributed by atoms with Crippen LogP contribution in [0.4, 0.5) is 0 Å². The Hall–Kier alpha value is -2.93. The van der Waals surface area contributed by atoms with Crippen LogP contribution in [0.3, 0.4) is 0 Å². The summed E-state index contributed by atoms with van der Waals surface area (Å²) in [7, 11) is 0. The van der Waals surface area contributed by atoms with Crippen molar-refractivity contribution in [2.24, 2.45) is 0 Å². The van der Waals surface area contributed by atoms with E-state index in [1.165, 1.54) is 6.08 Å². The van der Waals surface area contributed by atoms with Crippen LogP contribution in [-0.4, -0.2) is 20.3 Å². The molecule has 3 aromatic heterocycles. The minimum Gasteiger partial charge on any atom is -0.437 e. The Morgan fingerprint density at radius 2 is 2.08 bits per heavy atom. The van der Waals surface area contributed by atoms with E-state index >= 15 is 0 Å². The number of amides is 1. The number of halogens is 1. The molecule has 4 rings (SSSR count). The second kappa shape index (κ2) is 6.52. The van der Waals surface area contributed by atoms with E-state index in [1.807, 2.05) is 53.2 Å². The number of nitrogens with one attached hydrogen (secondary N) is 1. The van der Waals surface area contributed by atoms with Crippen molar-refractivity contribution in [1.29, 1.82) is 0 Å². The van der Waals surface area contributed by atoms with Crippen LogP contribution in [0.25, 0.3) is 22.8 Å². The van der Waals surface area contributed by atoms with Gasteiger partial charge in [0.1, 0.15) is 11.2 Å². The zero-order valence-corrected chi connectivity index (χ0v) is 14.6. The normalized spacial score (nSPS) is 11.6. The Kier molecular flexibility index (Phi) is 4.07. The largest absolute Gasteiger partial charge is 0.437 e. The van der Waals surface area contributed by atoms with Crippen molar-refractivity contribution in [3.8, 4) is 0 Å². The molecule has 3 heterocycles. The van der Waals surface area contributed by atoms with Crippen molar-refractivity contribution < 1.29 is 9.21 Å². The van der Waals surface area contributed by atoms with Crippen LogP contribution in [0, 0.1) is 0 Å². The topological polar surface area (TPSA) is 72.4 Å². The smallest absolute Gasteiger partial charge is 0.244 e. The van der Waals surface area contributed by atoms with Crippen molar-refractivity contribution in [3.63, 3.8) is 0 Å². The number of hydrogen-bond acceptors (Lipinski definition) is 4. The molecule has 124 valence electrons. The summed E-state index contributed by atoms with van der Waals surface area (Å²) in [5, 5.41) is 2.80. The van der Waals surface area contributed by atoms with Gasteiger partial charge in [0.15, 0.2) is 5.58 Å². The average Bonchev–Trinajstić information content (AvgIpc) is 3.20. The molecular formula is C18H13BrN4O2. The number of pyridine rings is 1. The fraction of sp³-hybridized carbons (Fsp3) is 0.0556. The molecule has 25 heavy (non-hydrogen) atoms. The first-order chi connectivity index (χ1) is 12.2. The SMILES string of the molecule is O=C(C=Cc1nc2ccccc2o1)NCc1cn2cc(Br)ccc2n1. The van der Waals surface area contributed by atoms with Crippen LogP contribution < -0.4 is 5.32 Å². The number of carbonyl (C=O) groups is 1. The van der Waals surface area contributed by atoms with Gasteiger partial charge >= 0.3 is 0 Å². The molecule has 4 aromatic rings. The molecule has 7 heteroatoms. The van der Waals surface area contributed by atoms with E-state index < -0.39 is 0 Å². The monoisotopic (exact) mass is 396 g/mol. The molecule has 0 saturated heterocycles. The Bertz CT molecular complexity index is 1060. The van der Waals surface area contributed by atoms with Gasteiger partial charge in [0.05, 0.1) is 12.2 Å². The van der Waals surface area contributed by atoms with Gasteiger partial charge in [-0.3, -0.25) is 4.79 Å². The van der Waals surface area contributed by atoms with E-state index in [0.717, 1.165) is 21.3 Å². The highest BCUT2D eigenvalue weighted by molar-refractivity contribution is 9.10. The second-order valence-electron chi connectivity index (χ2n) is 5.42. The van der Waals surface area contributed by atoms with Gasteiger partial charge in [0.25, 0.3) is 0 Å². The molecule has 0 spiro atoms. The molecule has 0 bridgehead atoms. The van der Waals surface area contributed by atoms with Crippen molar-refractivity contribution in [2.45, 2.75) is 6.54 Å².